The molecule has 29 heavy (non-hydrogen) atoms. The Morgan fingerprint density at radius 1 is 1.21 bits per heavy atom. The molecular formula is C19H17ClF3N3O3. The van der Waals surface area contributed by atoms with Crippen LogP contribution in [0.4, 0.5) is 19.0 Å². The first-order valence-corrected chi connectivity index (χ1v) is 9.06. The summed E-state index contributed by atoms with van der Waals surface area (Å²) >= 11 is 5.80. The molecule has 1 aromatic carbocycles. The first-order chi connectivity index (χ1) is 13.6. The number of fused-ring (bicyclic) bond motifs is 1. The van der Waals surface area contributed by atoms with Crippen molar-refractivity contribution in [2.45, 2.75) is 31.0 Å². The van der Waals surface area contributed by atoms with Crippen molar-refractivity contribution >= 4 is 29.3 Å². The van der Waals surface area contributed by atoms with Gasteiger partial charge >= 0.3 is 12.1 Å². The molecule has 0 aliphatic heterocycles. The fourth-order valence-electron chi connectivity index (χ4n) is 3.26. The molecule has 1 aliphatic carbocycles. The van der Waals surface area contributed by atoms with Gasteiger partial charge in [0.25, 0.3) is 0 Å². The average Bonchev–Trinajstić information content (AvgIpc) is 3.01. The van der Waals surface area contributed by atoms with Gasteiger partial charge in [-0.15, -0.1) is 0 Å². The SMILES string of the molecule is O=C(CCNc1ncc(C(F)(F)F)cc1Cl)NC1(C(=O)O)Cc2ccccc2C1. The van der Waals surface area contributed by atoms with Gasteiger partial charge in [-0.3, -0.25) is 4.79 Å². The van der Waals surface area contributed by atoms with Crippen molar-refractivity contribution < 1.29 is 27.9 Å². The summed E-state index contributed by atoms with van der Waals surface area (Å²) in [5.74, 6) is -1.62. The molecule has 2 aromatic rings. The van der Waals surface area contributed by atoms with Crippen molar-refractivity contribution in [3.05, 3.63) is 58.2 Å². The summed E-state index contributed by atoms with van der Waals surface area (Å²) in [7, 11) is 0. The number of carbonyl (C=O) groups excluding carboxylic acids is 1. The van der Waals surface area contributed by atoms with E-state index in [1.54, 1.807) is 0 Å². The molecule has 0 saturated carbocycles. The van der Waals surface area contributed by atoms with Crippen LogP contribution in [0.5, 0.6) is 0 Å². The number of alkyl halides is 3. The molecule has 1 heterocycles. The van der Waals surface area contributed by atoms with Crippen LogP contribution in [0.2, 0.25) is 5.02 Å². The van der Waals surface area contributed by atoms with E-state index in [4.69, 9.17) is 11.6 Å². The number of nitrogens with one attached hydrogen (secondary N) is 2. The number of carbonyl (C=O) groups is 2. The molecule has 0 saturated heterocycles. The zero-order valence-electron chi connectivity index (χ0n) is 15.0. The molecule has 0 unspecified atom stereocenters. The number of pyridine rings is 1. The van der Waals surface area contributed by atoms with Crippen molar-refractivity contribution in [3.8, 4) is 0 Å². The molecule has 0 radical (unpaired) electrons. The van der Waals surface area contributed by atoms with Crippen molar-refractivity contribution in [3.63, 3.8) is 0 Å². The van der Waals surface area contributed by atoms with Gasteiger partial charge in [0, 0.05) is 32.0 Å². The minimum Gasteiger partial charge on any atom is -0.479 e. The topological polar surface area (TPSA) is 91.3 Å². The number of halogens is 4. The number of nitrogens with zero attached hydrogens (tertiary/aromatic N) is 1. The summed E-state index contributed by atoms with van der Waals surface area (Å²) in [4.78, 5) is 27.8. The van der Waals surface area contributed by atoms with Gasteiger partial charge in [0.15, 0.2) is 0 Å². The Morgan fingerprint density at radius 2 is 1.83 bits per heavy atom. The van der Waals surface area contributed by atoms with Gasteiger partial charge in [-0.25, -0.2) is 9.78 Å². The second-order valence-corrected chi connectivity index (χ2v) is 7.19. The second-order valence-electron chi connectivity index (χ2n) is 6.79. The molecule has 0 atom stereocenters. The quantitative estimate of drug-likeness (QED) is 0.658. The number of hydrogen-bond donors (Lipinski definition) is 3. The number of rotatable bonds is 6. The summed E-state index contributed by atoms with van der Waals surface area (Å²) in [6, 6.07) is 8.01. The van der Waals surface area contributed by atoms with Crippen LogP contribution >= 0.6 is 11.6 Å². The van der Waals surface area contributed by atoms with E-state index in [1.807, 2.05) is 24.3 Å². The standard InChI is InChI=1S/C19H17ClF3N3O3/c20-14-7-13(19(21,22)23)10-25-16(14)24-6-5-15(27)26-18(17(28)29)8-11-3-1-2-4-12(11)9-18/h1-4,7,10H,5-6,8-9H2,(H,24,25)(H,26,27)(H,28,29). The molecule has 154 valence electrons. The van der Waals surface area contributed by atoms with Gasteiger partial charge in [0.2, 0.25) is 5.91 Å². The molecule has 10 heteroatoms. The van der Waals surface area contributed by atoms with Crippen LogP contribution in [0, 0.1) is 0 Å². The van der Waals surface area contributed by atoms with Crippen molar-refractivity contribution in [1.29, 1.82) is 0 Å². The van der Waals surface area contributed by atoms with Gasteiger partial charge in [-0.2, -0.15) is 13.2 Å². The van der Waals surface area contributed by atoms with E-state index >= 15 is 0 Å². The zero-order valence-corrected chi connectivity index (χ0v) is 15.8. The lowest BCUT2D eigenvalue weighted by Crippen LogP contribution is -2.55. The summed E-state index contributed by atoms with van der Waals surface area (Å²) < 4.78 is 37.9. The van der Waals surface area contributed by atoms with Crippen LogP contribution in [0.3, 0.4) is 0 Å². The maximum absolute atomic E-state index is 12.6. The van der Waals surface area contributed by atoms with Crippen LogP contribution in [0.1, 0.15) is 23.1 Å². The van der Waals surface area contributed by atoms with Crippen LogP contribution in [0.15, 0.2) is 36.5 Å². The highest BCUT2D eigenvalue weighted by atomic mass is 35.5. The van der Waals surface area contributed by atoms with Crippen LogP contribution in [-0.2, 0) is 28.6 Å². The monoisotopic (exact) mass is 427 g/mol. The van der Waals surface area contributed by atoms with Gasteiger partial charge in [0.05, 0.1) is 10.6 Å². The highest BCUT2D eigenvalue weighted by Crippen LogP contribution is 2.32. The maximum Gasteiger partial charge on any atom is 0.417 e. The molecular weight excluding hydrogens is 411 g/mol. The molecule has 1 amide bonds. The maximum atomic E-state index is 12.6. The second kappa shape index (κ2) is 7.90. The Balaban J connectivity index is 1.58. The smallest absolute Gasteiger partial charge is 0.417 e. The minimum atomic E-state index is -4.56. The van der Waals surface area contributed by atoms with Crippen LogP contribution in [-0.4, -0.2) is 34.1 Å². The first kappa shape index (κ1) is 20.9. The number of hydrogen-bond acceptors (Lipinski definition) is 4. The summed E-state index contributed by atoms with van der Waals surface area (Å²) in [5.41, 5.74) is -0.650. The number of benzene rings is 1. The van der Waals surface area contributed by atoms with E-state index in [-0.39, 0.29) is 36.6 Å². The molecule has 0 spiro atoms. The highest BCUT2D eigenvalue weighted by molar-refractivity contribution is 6.33. The summed E-state index contributed by atoms with van der Waals surface area (Å²) in [5, 5.41) is 14.7. The molecule has 6 nitrogen and oxygen atoms in total. The molecule has 0 fully saturated rings. The van der Waals surface area contributed by atoms with Crippen molar-refractivity contribution in [1.82, 2.24) is 10.3 Å². The average molecular weight is 428 g/mol. The fraction of sp³-hybridized carbons (Fsp3) is 0.316. The molecule has 1 aliphatic rings. The lowest BCUT2D eigenvalue weighted by molar-refractivity contribution is -0.147. The third-order valence-electron chi connectivity index (χ3n) is 4.70. The van der Waals surface area contributed by atoms with E-state index in [2.05, 4.69) is 15.6 Å². The first-order valence-electron chi connectivity index (χ1n) is 8.68. The predicted molar refractivity (Wildman–Crippen MR) is 99.7 cm³/mol. The Labute approximate surface area is 169 Å². The lowest BCUT2D eigenvalue weighted by Gasteiger charge is -2.25. The molecule has 3 rings (SSSR count). The van der Waals surface area contributed by atoms with Crippen LogP contribution in [0.25, 0.3) is 0 Å². The molecule has 3 N–H and O–H groups in total. The van der Waals surface area contributed by atoms with E-state index < -0.39 is 29.2 Å². The van der Waals surface area contributed by atoms with E-state index in [0.717, 1.165) is 17.2 Å². The normalized spacial score (nSPS) is 14.9. The Bertz CT molecular complexity index is 925. The number of amides is 1. The van der Waals surface area contributed by atoms with Gasteiger partial charge in [0.1, 0.15) is 11.4 Å². The predicted octanol–water partition coefficient (Wildman–Crippen LogP) is 3.29. The van der Waals surface area contributed by atoms with Crippen molar-refractivity contribution in [2.75, 3.05) is 11.9 Å². The van der Waals surface area contributed by atoms with Crippen LogP contribution < -0.4 is 10.6 Å². The Kier molecular flexibility index (Phi) is 5.70. The lowest BCUT2D eigenvalue weighted by atomic mass is 9.95. The number of anilines is 1. The van der Waals surface area contributed by atoms with Gasteiger partial charge in [-0.1, -0.05) is 35.9 Å². The van der Waals surface area contributed by atoms with E-state index in [1.165, 1.54) is 0 Å². The zero-order chi connectivity index (χ0) is 21.2. The van der Waals surface area contributed by atoms with E-state index in [9.17, 15) is 27.9 Å². The third kappa shape index (κ3) is 4.61. The number of aliphatic carboxylic acids is 1. The largest absolute Gasteiger partial charge is 0.479 e. The number of carboxylic acids is 1. The summed E-state index contributed by atoms with van der Waals surface area (Å²) in [6.45, 7) is 0.0204. The Morgan fingerprint density at radius 3 is 2.34 bits per heavy atom. The number of aromatic nitrogens is 1. The van der Waals surface area contributed by atoms with Crippen molar-refractivity contribution in [2.24, 2.45) is 0 Å². The fourth-order valence-corrected chi connectivity index (χ4v) is 3.49. The van der Waals surface area contributed by atoms with E-state index in [0.29, 0.717) is 6.20 Å². The minimum absolute atomic E-state index is 0.00804. The molecule has 1 aromatic heterocycles. The Hall–Kier alpha value is -2.81. The number of carboxylic acid groups (broad SMARTS) is 1. The highest BCUT2D eigenvalue weighted by Gasteiger charge is 2.45. The molecule has 0 bridgehead atoms. The van der Waals surface area contributed by atoms with Gasteiger partial charge in [-0.05, 0) is 17.2 Å². The summed E-state index contributed by atoms with van der Waals surface area (Å²) in [6.07, 6.45) is -3.65. The third-order valence-corrected chi connectivity index (χ3v) is 4.99. The van der Waals surface area contributed by atoms with Gasteiger partial charge < -0.3 is 15.7 Å².